The molecule has 20 heavy (non-hydrogen) atoms. The van der Waals surface area contributed by atoms with Gasteiger partial charge in [0, 0.05) is 6.54 Å². The Labute approximate surface area is 137 Å². The van der Waals surface area contributed by atoms with Crippen molar-refractivity contribution in [3.05, 3.63) is 31.8 Å². The summed E-state index contributed by atoms with van der Waals surface area (Å²) in [5, 5.41) is 10.2. The fourth-order valence-electron chi connectivity index (χ4n) is 2.21. The number of aryl methyl sites for hydroxylation is 1. The summed E-state index contributed by atoms with van der Waals surface area (Å²) in [4.78, 5) is 0. The summed E-state index contributed by atoms with van der Waals surface area (Å²) in [6.45, 7) is 6.08. The third-order valence-corrected chi connectivity index (χ3v) is 4.96. The topological polar surface area (TPSA) is 39.1 Å². The van der Waals surface area contributed by atoms with E-state index < -0.39 is 0 Å². The summed E-state index contributed by atoms with van der Waals surface area (Å²) in [6, 6.07) is 2.36. The smallest absolute Gasteiger partial charge is 0.161 e. The summed E-state index contributed by atoms with van der Waals surface area (Å²) in [6.07, 6.45) is 2.90. The molecule has 6 heteroatoms. The molecule has 0 bridgehead atoms. The summed E-state index contributed by atoms with van der Waals surface area (Å²) in [7, 11) is 1.70. The van der Waals surface area contributed by atoms with Gasteiger partial charge in [0.25, 0.3) is 0 Å². The SMILES string of the molecule is CCCNC(c1csc(I)c1)c1c(OC)cnn1CC. The van der Waals surface area contributed by atoms with Crippen molar-refractivity contribution in [1.29, 1.82) is 0 Å². The van der Waals surface area contributed by atoms with E-state index in [-0.39, 0.29) is 6.04 Å². The molecule has 0 aliphatic carbocycles. The number of hydrogen-bond donors (Lipinski definition) is 1. The van der Waals surface area contributed by atoms with Crippen LogP contribution in [-0.2, 0) is 6.54 Å². The summed E-state index contributed by atoms with van der Waals surface area (Å²) in [5.41, 5.74) is 2.39. The van der Waals surface area contributed by atoms with Crippen LogP contribution in [0.5, 0.6) is 5.75 Å². The molecular formula is C14H20IN3OS. The number of nitrogens with zero attached hydrogens (tertiary/aromatic N) is 2. The molecule has 2 aromatic heterocycles. The molecule has 1 N–H and O–H groups in total. The predicted octanol–water partition coefficient (Wildman–Crippen LogP) is 3.67. The van der Waals surface area contributed by atoms with Crippen molar-refractivity contribution in [3.63, 3.8) is 0 Å². The van der Waals surface area contributed by atoms with E-state index in [0.29, 0.717) is 0 Å². The quantitative estimate of drug-likeness (QED) is 0.715. The highest BCUT2D eigenvalue weighted by Gasteiger charge is 2.23. The molecule has 0 aliphatic rings. The van der Waals surface area contributed by atoms with Crippen LogP contribution in [0.25, 0.3) is 0 Å². The number of hydrogen-bond acceptors (Lipinski definition) is 4. The van der Waals surface area contributed by atoms with Gasteiger partial charge in [-0.1, -0.05) is 6.92 Å². The third-order valence-electron chi connectivity index (χ3n) is 3.16. The van der Waals surface area contributed by atoms with Gasteiger partial charge < -0.3 is 10.1 Å². The van der Waals surface area contributed by atoms with E-state index in [1.165, 1.54) is 8.45 Å². The number of methoxy groups -OCH3 is 1. The maximum Gasteiger partial charge on any atom is 0.161 e. The van der Waals surface area contributed by atoms with Gasteiger partial charge in [-0.15, -0.1) is 11.3 Å². The summed E-state index contributed by atoms with van der Waals surface area (Å²) < 4.78 is 8.80. The van der Waals surface area contributed by atoms with E-state index >= 15 is 0 Å². The Morgan fingerprint density at radius 1 is 1.50 bits per heavy atom. The monoisotopic (exact) mass is 405 g/mol. The maximum atomic E-state index is 5.50. The lowest BCUT2D eigenvalue weighted by atomic mass is 10.1. The Balaban J connectivity index is 2.42. The van der Waals surface area contributed by atoms with Crippen molar-refractivity contribution >= 4 is 33.9 Å². The number of nitrogens with one attached hydrogen (secondary N) is 1. The first-order chi connectivity index (χ1) is 9.71. The number of halogens is 1. The standard InChI is InChI=1S/C14H20IN3OS/c1-4-6-16-13(10-7-12(15)20-9-10)14-11(19-3)8-17-18(14)5-2/h7-9,13,16H,4-6H2,1-3H3. The van der Waals surface area contributed by atoms with Crippen LogP contribution >= 0.6 is 33.9 Å². The molecule has 2 aromatic rings. The van der Waals surface area contributed by atoms with Gasteiger partial charge in [0.1, 0.15) is 5.69 Å². The lowest BCUT2D eigenvalue weighted by molar-refractivity contribution is 0.399. The second-order valence-corrected chi connectivity index (χ2v) is 7.29. The van der Waals surface area contributed by atoms with Gasteiger partial charge in [0.2, 0.25) is 0 Å². The summed E-state index contributed by atoms with van der Waals surface area (Å²) in [5.74, 6) is 0.849. The van der Waals surface area contributed by atoms with Gasteiger partial charge in [-0.2, -0.15) is 5.10 Å². The molecule has 0 aliphatic heterocycles. The van der Waals surface area contributed by atoms with Gasteiger partial charge in [-0.05, 0) is 59.5 Å². The normalized spacial score (nSPS) is 12.6. The van der Waals surface area contributed by atoms with Crippen LogP contribution in [0.3, 0.4) is 0 Å². The molecule has 0 aromatic carbocycles. The van der Waals surface area contributed by atoms with Crippen LogP contribution in [-0.4, -0.2) is 23.4 Å². The second kappa shape index (κ2) is 7.42. The van der Waals surface area contributed by atoms with Crippen molar-refractivity contribution in [2.75, 3.05) is 13.7 Å². The minimum Gasteiger partial charge on any atom is -0.493 e. The van der Waals surface area contributed by atoms with E-state index in [2.05, 4.69) is 58.3 Å². The maximum absolute atomic E-state index is 5.50. The first-order valence-electron chi connectivity index (χ1n) is 6.78. The molecule has 4 nitrogen and oxygen atoms in total. The average molecular weight is 405 g/mol. The van der Waals surface area contributed by atoms with Crippen molar-refractivity contribution in [3.8, 4) is 5.75 Å². The van der Waals surface area contributed by atoms with Crippen LogP contribution < -0.4 is 10.1 Å². The van der Waals surface area contributed by atoms with Crippen molar-refractivity contribution in [2.45, 2.75) is 32.9 Å². The molecule has 0 saturated heterocycles. The Kier molecular flexibility index (Phi) is 5.86. The molecule has 0 amide bonds. The van der Waals surface area contributed by atoms with Crippen LogP contribution in [0, 0.1) is 2.88 Å². The van der Waals surface area contributed by atoms with E-state index in [4.69, 9.17) is 4.74 Å². The second-order valence-electron chi connectivity index (χ2n) is 4.49. The summed E-state index contributed by atoms with van der Waals surface area (Å²) >= 11 is 4.13. The Bertz CT molecular complexity index is 531. The van der Waals surface area contributed by atoms with E-state index in [9.17, 15) is 0 Å². The van der Waals surface area contributed by atoms with Crippen molar-refractivity contribution in [1.82, 2.24) is 15.1 Å². The molecule has 0 spiro atoms. The third kappa shape index (κ3) is 3.35. The Hall–Kier alpha value is -0.600. The van der Waals surface area contributed by atoms with E-state index in [1.807, 2.05) is 4.68 Å². The highest BCUT2D eigenvalue weighted by molar-refractivity contribution is 14.1. The fourth-order valence-corrected chi connectivity index (χ4v) is 3.61. The van der Waals surface area contributed by atoms with Gasteiger partial charge in [0.05, 0.1) is 22.2 Å². The van der Waals surface area contributed by atoms with Crippen LogP contribution in [0.15, 0.2) is 17.6 Å². The Morgan fingerprint density at radius 3 is 2.85 bits per heavy atom. The molecule has 110 valence electrons. The fraction of sp³-hybridized carbons (Fsp3) is 0.500. The molecular weight excluding hydrogens is 385 g/mol. The first-order valence-corrected chi connectivity index (χ1v) is 8.74. The lowest BCUT2D eigenvalue weighted by Crippen LogP contribution is -2.25. The largest absolute Gasteiger partial charge is 0.493 e. The van der Waals surface area contributed by atoms with Gasteiger partial charge in [-0.25, -0.2) is 0 Å². The number of rotatable bonds is 7. The van der Waals surface area contributed by atoms with Crippen LogP contribution in [0.1, 0.15) is 37.6 Å². The van der Waals surface area contributed by atoms with Crippen molar-refractivity contribution < 1.29 is 4.74 Å². The number of aromatic nitrogens is 2. The van der Waals surface area contributed by atoms with Crippen LogP contribution in [0.4, 0.5) is 0 Å². The number of ether oxygens (including phenoxy) is 1. The molecule has 0 saturated carbocycles. The predicted molar refractivity (Wildman–Crippen MR) is 91.6 cm³/mol. The highest BCUT2D eigenvalue weighted by atomic mass is 127. The van der Waals surface area contributed by atoms with Gasteiger partial charge in [-0.3, -0.25) is 4.68 Å². The van der Waals surface area contributed by atoms with E-state index in [1.54, 1.807) is 24.6 Å². The molecule has 0 fully saturated rings. The molecule has 1 unspecified atom stereocenters. The Morgan fingerprint density at radius 2 is 2.30 bits per heavy atom. The minimum atomic E-state index is 0.132. The highest BCUT2D eigenvalue weighted by Crippen LogP contribution is 2.32. The molecule has 2 rings (SSSR count). The van der Waals surface area contributed by atoms with Crippen LogP contribution in [0.2, 0.25) is 0 Å². The van der Waals surface area contributed by atoms with Crippen molar-refractivity contribution in [2.24, 2.45) is 0 Å². The van der Waals surface area contributed by atoms with Gasteiger partial charge >= 0.3 is 0 Å². The zero-order valence-electron chi connectivity index (χ0n) is 12.0. The van der Waals surface area contributed by atoms with Gasteiger partial charge in [0.15, 0.2) is 5.75 Å². The minimum absolute atomic E-state index is 0.132. The lowest BCUT2D eigenvalue weighted by Gasteiger charge is -2.20. The van der Waals surface area contributed by atoms with E-state index in [0.717, 1.165) is 31.0 Å². The molecule has 2 heterocycles. The first kappa shape index (κ1) is 15.8. The zero-order chi connectivity index (χ0) is 14.5. The molecule has 1 atom stereocenters. The number of thiophene rings is 1. The zero-order valence-corrected chi connectivity index (χ0v) is 15.0. The molecule has 0 radical (unpaired) electrons. The average Bonchev–Trinajstić information content (AvgIpc) is 3.06.